The Labute approximate surface area is 151 Å². The number of aromatic nitrogens is 1. The van der Waals surface area contributed by atoms with Crippen molar-refractivity contribution in [1.29, 1.82) is 0 Å². The highest BCUT2D eigenvalue weighted by molar-refractivity contribution is 6.04. The van der Waals surface area contributed by atoms with Crippen LogP contribution >= 0.6 is 0 Å². The SMILES string of the molecule is CCCOc1ccc(OC(=O)c2cn(CC)c(=O)c3ccccc23)cc1. The van der Waals surface area contributed by atoms with Crippen LogP contribution in [0.3, 0.4) is 0 Å². The highest BCUT2D eigenvalue weighted by Crippen LogP contribution is 2.21. The highest BCUT2D eigenvalue weighted by atomic mass is 16.5. The minimum Gasteiger partial charge on any atom is -0.494 e. The zero-order chi connectivity index (χ0) is 18.5. The first-order valence-electron chi connectivity index (χ1n) is 8.71. The number of aryl methyl sites for hydroxylation is 1. The van der Waals surface area contributed by atoms with Crippen molar-refractivity contribution in [3.63, 3.8) is 0 Å². The van der Waals surface area contributed by atoms with E-state index in [-0.39, 0.29) is 5.56 Å². The minimum atomic E-state index is -0.495. The first-order valence-corrected chi connectivity index (χ1v) is 8.71. The van der Waals surface area contributed by atoms with Crippen molar-refractivity contribution < 1.29 is 14.3 Å². The number of rotatable bonds is 6. The molecule has 1 heterocycles. The van der Waals surface area contributed by atoms with Gasteiger partial charge in [0, 0.05) is 23.5 Å². The number of benzene rings is 2. The van der Waals surface area contributed by atoms with Gasteiger partial charge in [0.15, 0.2) is 0 Å². The Bertz CT molecular complexity index is 973. The second-order valence-electron chi connectivity index (χ2n) is 5.89. The Hall–Kier alpha value is -3.08. The summed E-state index contributed by atoms with van der Waals surface area (Å²) in [7, 11) is 0. The number of esters is 1. The molecule has 0 spiro atoms. The standard InChI is InChI=1S/C21H21NO4/c1-3-13-25-15-9-11-16(12-10-15)26-21(24)19-14-22(4-2)20(23)18-8-6-5-7-17(18)19/h5-12,14H,3-4,13H2,1-2H3. The molecular formula is C21H21NO4. The van der Waals surface area contributed by atoms with E-state index in [2.05, 4.69) is 0 Å². The topological polar surface area (TPSA) is 57.5 Å². The highest BCUT2D eigenvalue weighted by Gasteiger charge is 2.16. The van der Waals surface area contributed by atoms with Gasteiger partial charge < -0.3 is 14.0 Å². The fourth-order valence-corrected chi connectivity index (χ4v) is 2.73. The van der Waals surface area contributed by atoms with Crippen LogP contribution in [0.4, 0.5) is 0 Å². The largest absolute Gasteiger partial charge is 0.494 e. The van der Waals surface area contributed by atoms with Crippen LogP contribution in [0.2, 0.25) is 0 Å². The van der Waals surface area contributed by atoms with Crippen molar-refractivity contribution in [2.75, 3.05) is 6.61 Å². The summed E-state index contributed by atoms with van der Waals surface area (Å²) >= 11 is 0. The third kappa shape index (κ3) is 3.61. The average molecular weight is 351 g/mol. The molecule has 0 saturated heterocycles. The lowest BCUT2D eigenvalue weighted by Gasteiger charge is -2.11. The van der Waals surface area contributed by atoms with E-state index in [0.717, 1.165) is 12.2 Å². The molecule has 3 rings (SSSR count). The molecule has 0 aliphatic rings. The maximum atomic E-state index is 12.7. The average Bonchev–Trinajstić information content (AvgIpc) is 2.68. The fraction of sp³-hybridized carbons (Fsp3) is 0.238. The quantitative estimate of drug-likeness (QED) is 0.497. The summed E-state index contributed by atoms with van der Waals surface area (Å²) in [6.45, 7) is 5.02. The van der Waals surface area contributed by atoms with Crippen LogP contribution < -0.4 is 15.0 Å². The molecule has 0 N–H and O–H groups in total. The van der Waals surface area contributed by atoms with Gasteiger partial charge in [0.1, 0.15) is 11.5 Å². The van der Waals surface area contributed by atoms with Gasteiger partial charge in [-0.15, -0.1) is 0 Å². The van der Waals surface area contributed by atoms with Crippen molar-refractivity contribution in [3.8, 4) is 11.5 Å². The van der Waals surface area contributed by atoms with Crippen molar-refractivity contribution in [3.05, 3.63) is 70.6 Å². The van der Waals surface area contributed by atoms with Crippen LogP contribution in [-0.4, -0.2) is 17.1 Å². The van der Waals surface area contributed by atoms with E-state index in [1.165, 1.54) is 4.57 Å². The molecule has 2 aromatic carbocycles. The molecule has 1 aromatic heterocycles. The summed E-state index contributed by atoms with van der Waals surface area (Å²) in [6.07, 6.45) is 2.49. The molecular weight excluding hydrogens is 330 g/mol. The molecule has 0 amide bonds. The number of ether oxygens (including phenoxy) is 2. The summed E-state index contributed by atoms with van der Waals surface area (Å²) in [4.78, 5) is 25.1. The second kappa shape index (κ2) is 7.87. The van der Waals surface area contributed by atoms with Crippen molar-refractivity contribution >= 4 is 16.7 Å². The summed E-state index contributed by atoms with van der Waals surface area (Å²) in [6, 6.07) is 14.0. The monoisotopic (exact) mass is 351 g/mol. The van der Waals surface area contributed by atoms with Gasteiger partial charge in [-0.2, -0.15) is 0 Å². The van der Waals surface area contributed by atoms with Gasteiger partial charge >= 0.3 is 5.97 Å². The van der Waals surface area contributed by atoms with Gasteiger partial charge in [-0.05, 0) is 43.7 Å². The molecule has 3 aromatic rings. The van der Waals surface area contributed by atoms with Gasteiger partial charge in [0.2, 0.25) is 0 Å². The molecule has 0 unspecified atom stereocenters. The van der Waals surface area contributed by atoms with Crippen LogP contribution in [0.1, 0.15) is 30.6 Å². The number of hydrogen-bond donors (Lipinski definition) is 0. The Morgan fingerprint density at radius 3 is 2.27 bits per heavy atom. The van der Waals surface area contributed by atoms with Crippen LogP contribution in [0.25, 0.3) is 10.8 Å². The number of hydrogen-bond acceptors (Lipinski definition) is 4. The van der Waals surface area contributed by atoms with E-state index < -0.39 is 5.97 Å². The van der Waals surface area contributed by atoms with Gasteiger partial charge in [-0.25, -0.2) is 4.79 Å². The van der Waals surface area contributed by atoms with Crippen LogP contribution in [0.15, 0.2) is 59.5 Å². The molecule has 5 heteroatoms. The third-order valence-corrected chi connectivity index (χ3v) is 4.06. The summed E-state index contributed by atoms with van der Waals surface area (Å²) in [5.41, 5.74) is 0.255. The van der Waals surface area contributed by atoms with Gasteiger partial charge in [-0.3, -0.25) is 4.79 Å². The summed E-state index contributed by atoms with van der Waals surface area (Å²) < 4.78 is 12.5. The van der Waals surface area contributed by atoms with Gasteiger partial charge in [0.05, 0.1) is 12.2 Å². The van der Waals surface area contributed by atoms with E-state index in [1.54, 1.807) is 54.7 Å². The normalized spacial score (nSPS) is 10.7. The fourth-order valence-electron chi connectivity index (χ4n) is 2.73. The number of pyridine rings is 1. The first-order chi connectivity index (χ1) is 12.6. The first kappa shape index (κ1) is 17.7. The molecule has 0 atom stereocenters. The Kier molecular flexibility index (Phi) is 5.37. The lowest BCUT2D eigenvalue weighted by Crippen LogP contribution is -2.22. The second-order valence-corrected chi connectivity index (χ2v) is 5.89. The maximum absolute atomic E-state index is 12.7. The smallest absolute Gasteiger partial charge is 0.345 e. The number of carbonyl (C=O) groups is 1. The van der Waals surface area contributed by atoms with E-state index >= 15 is 0 Å². The predicted molar refractivity (Wildman–Crippen MR) is 101 cm³/mol. The molecule has 0 saturated carbocycles. The molecule has 0 radical (unpaired) electrons. The zero-order valence-corrected chi connectivity index (χ0v) is 14.9. The third-order valence-electron chi connectivity index (χ3n) is 4.06. The lowest BCUT2D eigenvalue weighted by molar-refractivity contribution is 0.0735. The number of nitrogens with zero attached hydrogens (tertiary/aromatic N) is 1. The summed E-state index contributed by atoms with van der Waals surface area (Å²) in [5.74, 6) is 0.666. The van der Waals surface area contributed by atoms with Crippen molar-refractivity contribution in [2.24, 2.45) is 0 Å². The van der Waals surface area contributed by atoms with Crippen LogP contribution in [-0.2, 0) is 6.54 Å². The minimum absolute atomic E-state index is 0.114. The van der Waals surface area contributed by atoms with Gasteiger partial charge in [0.25, 0.3) is 5.56 Å². The molecule has 0 aliphatic heterocycles. The molecule has 134 valence electrons. The number of carbonyl (C=O) groups excluding carboxylic acids is 1. The van der Waals surface area contributed by atoms with E-state index in [9.17, 15) is 9.59 Å². The van der Waals surface area contributed by atoms with E-state index in [1.807, 2.05) is 13.8 Å². The Balaban J connectivity index is 1.90. The molecule has 26 heavy (non-hydrogen) atoms. The predicted octanol–water partition coefficient (Wildman–Crippen LogP) is 4.03. The molecule has 0 bridgehead atoms. The molecule has 5 nitrogen and oxygen atoms in total. The van der Waals surface area contributed by atoms with Crippen LogP contribution in [0, 0.1) is 0 Å². The summed E-state index contributed by atoms with van der Waals surface area (Å²) in [5, 5.41) is 1.10. The zero-order valence-electron chi connectivity index (χ0n) is 14.9. The lowest BCUT2D eigenvalue weighted by atomic mass is 10.1. The van der Waals surface area contributed by atoms with Gasteiger partial charge in [-0.1, -0.05) is 25.1 Å². The van der Waals surface area contributed by atoms with Crippen molar-refractivity contribution in [2.45, 2.75) is 26.8 Å². The van der Waals surface area contributed by atoms with Crippen molar-refractivity contribution in [1.82, 2.24) is 4.57 Å². The Morgan fingerprint density at radius 2 is 1.62 bits per heavy atom. The van der Waals surface area contributed by atoms with E-state index in [0.29, 0.717) is 35.2 Å². The Morgan fingerprint density at radius 1 is 0.962 bits per heavy atom. The van der Waals surface area contributed by atoms with Crippen LogP contribution in [0.5, 0.6) is 11.5 Å². The van der Waals surface area contributed by atoms with E-state index in [4.69, 9.17) is 9.47 Å². The molecule has 0 fully saturated rings. The number of fused-ring (bicyclic) bond motifs is 1. The maximum Gasteiger partial charge on any atom is 0.345 e. The molecule has 0 aliphatic carbocycles.